The quantitative estimate of drug-likeness (QED) is 0.646. The first-order valence-electron chi connectivity index (χ1n) is 5.89. The molecule has 0 saturated carbocycles. The smallest absolute Gasteiger partial charge is 0.316 e. The third-order valence-electron chi connectivity index (χ3n) is 2.72. The second kappa shape index (κ2) is 5.96. The van der Waals surface area contributed by atoms with E-state index in [9.17, 15) is 4.79 Å². The number of nitrogens with one attached hydrogen (secondary N) is 3. The maximum Gasteiger partial charge on any atom is 0.316 e. The van der Waals surface area contributed by atoms with Crippen LogP contribution < -0.4 is 16.4 Å². The van der Waals surface area contributed by atoms with E-state index in [1.165, 1.54) is 6.33 Å². The zero-order valence-corrected chi connectivity index (χ0v) is 10.6. The van der Waals surface area contributed by atoms with Crippen molar-refractivity contribution in [2.45, 2.75) is 19.5 Å². The summed E-state index contributed by atoms with van der Waals surface area (Å²) in [5, 5.41) is 12.4. The maximum atomic E-state index is 10.7. The molecule has 5 N–H and O–H groups in total. The first-order valence-corrected chi connectivity index (χ1v) is 5.89. The van der Waals surface area contributed by atoms with Gasteiger partial charge in [0.2, 0.25) is 0 Å². The van der Waals surface area contributed by atoms with Crippen LogP contribution in [-0.4, -0.2) is 21.2 Å². The van der Waals surface area contributed by atoms with Gasteiger partial charge >= 0.3 is 6.03 Å². The largest absolute Gasteiger partial charge is 0.351 e. The molecule has 1 unspecified atom stereocenters. The molecule has 0 fully saturated rings. The second-order valence-corrected chi connectivity index (χ2v) is 4.15. The average Bonchev–Trinajstić information content (AvgIpc) is 2.89. The predicted octanol–water partition coefficient (Wildman–Crippen LogP) is 1.15. The van der Waals surface area contributed by atoms with Crippen molar-refractivity contribution in [3.63, 3.8) is 0 Å². The normalized spacial score (nSPS) is 12.1. The molecule has 1 heterocycles. The van der Waals surface area contributed by atoms with Crippen LogP contribution in [0.5, 0.6) is 0 Å². The highest BCUT2D eigenvalue weighted by Gasteiger charge is 2.06. The Bertz CT molecular complexity index is 522. The molecule has 0 bridgehead atoms. The summed E-state index contributed by atoms with van der Waals surface area (Å²) in [7, 11) is 0. The SMILES string of the molecule is CC(NCc1ncn[nH]1)c1ccc(NC(N)=O)cc1. The van der Waals surface area contributed by atoms with Crippen LogP contribution in [0.2, 0.25) is 0 Å². The van der Waals surface area contributed by atoms with Crippen molar-refractivity contribution in [2.75, 3.05) is 5.32 Å². The Labute approximate surface area is 110 Å². The standard InChI is InChI=1S/C12H16N6O/c1-8(14-6-11-15-7-16-18-11)9-2-4-10(5-3-9)17-12(13)19/h2-5,7-8,14H,6H2,1H3,(H3,13,17,19)(H,15,16,18). The molecule has 19 heavy (non-hydrogen) atoms. The number of aromatic amines is 1. The molecule has 0 radical (unpaired) electrons. The number of benzene rings is 1. The predicted molar refractivity (Wildman–Crippen MR) is 71.3 cm³/mol. The Balaban J connectivity index is 1.91. The number of primary amides is 1. The van der Waals surface area contributed by atoms with Crippen molar-refractivity contribution < 1.29 is 4.79 Å². The number of H-pyrrole nitrogens is 1. The van der Waals surface area contributed by atoms with Gasteiger partial charge in [-0.2, -0.15) is 5.10 Å². The van der Waals surface area contributed by atoms with Crippen molar-refractivity contribution >= 4 is 11.7 Å². The topological polar surface area (TPSA) is 109 Å². The summed E-state index contributed by atoms with van der Waals surface area (Å²) in [6, 6.07) is 7.09. The molecule has 0 aliphatic heterocycles. The summed E-state index contributed by atoms with van der Waals surface area (Å²) in [6.45, 7) is 2.66. The lowest BCUT2D eigenvalue weighted by atomic mass is 10.1. The number of aromatic nitrogens is 3. The molecule has 1 aromatic heterocycles. The molecule has 1 atom stereocenters. The number of urea groups is 1. The van der Waals surface area contributed by atoms with Crippen LogP contribution in [0.25, 0.3) is 0 Å². The zero-order chi connectivity index (χ0) is 13.7. The minimum Gasteiger partial charge on any atom is -0.351 e. The second-order valence-electron chi connectivity index (χ2n) is 4.15. The lowest BCUT2D eigenvalue weighted by molar-refractivity contribution is 0.259. The Morgan fingerprint density at radius 2 is 2.16 bits per heavy atom. The van der Waals surface area contributed by atoms with E-state index in [1.807, 2.05) is 31.2 Å². The van der Waals surface area contributed by atoms with E-state index in [-0.39, 0.29) is 6.04 Å². The highest BCUT2D eigenvalue weighted by molar-refractivity contribution is 5.87. The van der Waals surface area contributed by atoms with Crippen LogP contribution >= 0.6 is 0 Å². The molecule has 100 valence electrons. The average molecular weight is 260 g/mol. The third-order valence-corrected chi connectivity index (χ3v) is 2.72. The lowest BCUT2D eigenvalue weighted by Crippen LogP contribution is -2.20. The maximum absolute atomic E-state index is 10.7. The van der Waals surface area contributed by atoms with E-state index >= 15 is 0 Å². The fourth-order valence-electron chi connectivity index (χ4n) is 1.68. The number of nitrogens with zero attached hydrogens (tertiary/aromatic N) is 2. The monoisotopic (exact) mass is 260 g/mol. The van der Waals surface area contributed by atoms with E-state index in [2.05, 4.69) is 25.8 Å². The first kappa shape index (κ1) is 13.0. The number of carbonyl (C=O) groups is 1. The first-order chi connectivity index (χ1) is 9.15. The van der Waals surface area contributed by atoms with Crippen molar-refractivity contribution in [2.24, 2.45) is 5.73 Å². The van der Waals surface area contributed by atoms with Gasteiger partial charge in [0.15, 0.2) is 0 Å². The van der Waals surface area contributed by atoms with Gasteiger partial charge in [0.25, 0.3) is 0 Å². The van der Waals surface area contributed by atoms with Crippen LogP contribution in [0, 0.1) is 0 Å². The van der Waals surface area contributed by atoms with E-state index in [1.54, 1.807) is 0 Å². The lowest BCUT2D eigenvalue weighted by Gasteiger charge is -2.13. The molecule has 1 aromatic carbocycles. The van der Waals surface area contributed by atoms with Crippen LogP contribution in [-0.2, 0) is 6.54 Å². The molecule has 2 rings (SSSR count). The summed E-state index contributed by atoms with van der Waals surface area (Å²) >= 11 is 0. The Morgan fingerprint density at radius 1 is 1.42 bits per heavy atom. The van der Waals surface area contributed by atoms with Gasteiger partial charge in [0.1, 0.15) is 12.2 Å². The molecule has 0 aliphatic carbocycles. The van der Waals surface area contributed by atoms with Crippen molar-refractivity contribution in [1.82, 2.24) is 20.5 Å². The fourth-order valence-corrected chi connectivity index (χ4v) is 1.68. The Hall–Kier alpha value is -2.41. The van der Waals surface area contributed by atoms with E-state index in [0.29, 0.717) is 12.2 Å². The number of nitrogens with two attached hydrogens (primary N) is 1. The summed E-state index contributed by atoms with van der Waals surface area (Å²) in [6.07, 6.45) is 1.48. The van der Waals surface area contributed by atoms with Crippen LogP contribution in [0.4, 0.5) is 10.5 Å². The van der Waals surface area contributed by atoms with Gasteiger partial charge in [-0.3, -0.25) is 5.10 Å². The zero-order valence-electron chi connectivity index (χ0n) is 10.6. The van der Waals surface area contributed by atoms with Gasteiger partial charge < -0.3 is 16.4 Å². The molecule has 0 saturated heterocycles. The van der Waals surface area contributed by atoms with Gasteiger partial charge in [-0.05, 0) is 24.6 Å². The summed E-state index contributed by atoms with van der Waals surface area (Å²) < 4.78 is 0. The number of rotatable bonds is 5. The van der Waals surface area contributed by atoms with Crippen LogP contribution in [0.1, 0.15) is 24.4 Å². The van der Waals surface area contributed by atoms with Gasteiger partial charge in [0, 0.05) is 11.7 Å². The van der Waals surface area contributed by atoms with Crippen LogP contribution in [0.3, 0.4) is 0 Å². The number of carbonyl (C=O) groups excluding carboxylic acids is 1. The van der Waals surface area contributed by atoms with Crippen molar-refractivity contribution in [3.8, 4) is 0 Å². The number of hydrogen-bond donors (Lipinski definition) is 4. The molecule has 2 amide bonds. The van der Waals surface area contributed by atoms with Crippen molar-refractivity contribution in [1.29, 1.82) is 0 Å². The minimum atomic E-state index is -0.566. The Morgan fingerprint density at radius 3 is 2.74 bits per heavy atom. The van der Waals surface area contributed by atoms with Gasteiger partial charge in [-0.25, -0.2) is 9.78 Å². The molecule has 2 aromatic rings. The summed E-state index contributed by atoms with van der Waals surface area (Å²) in [4.78, 5) is 14.7. The third kappa shape index (κ3) is 3.78. The molecule has 7 nitrogen and oxygen atoms in total. The van der Waals surface area contributed by atoms with Crippen LogP contribution in [0.15, 0.2) is 30.6 Å². The van der Waals surface area contributed by atoms with Crippen molar-refractivity contribution in [3.05, 3.63) is 42.0 Å². The van der Waals surface area contributed by atoms with E-state index in [4.69, 9.17) is 5.73 Å². The van der Waals surface area contributed by atoms with E-state index in [0.717, 1.165) is 11.4 Å². The highest BCUT2D eigenvalue weighted by atomic mass is 16.2. The molecule has 0 spiro atoms. The van der Waals surface area contributed by atoms with Gasteiger partial charge in [-0.1, -0.05) is 12.1 Å². The highest BCUT2D eigenvalue weighted by Crippen LogP contribution is 2.16. The van der Waals surface area contributed by atoms with Gasteiger partial charge in [-0.15, -0.1) is 0 Å². The molecular weight excluding hydrogens is 244 g/mol. The van der Waals surface area contributed by atoms with Gasteiger partial charge in [0.05, 0.1) is 6.54 Å². The number of amides is 2. The molecule has 0 aliphatic rings. The fraction of sp³-hybridized carbons (Fsp3) is 0.250. The molecular formula is C12H16N6O. The number of hydrogen-bond acceptors (Lipinski definition) is 4. The molecule has 7 heteroatoms. The number of anilines is 1. The minimum absolute atomic E-state index is 0.160. The summed E-state index contributed by atoms with van der Waals surface area (Å²) in [5.41, 5.74) is 6.83. The van der Waals surface area contributed by atoms with E-state index < -0.39 is 6.03 Å². The Kier molecular flexibility index (Phi) is 4.09. The summed E-state index contributed by atoms with van der Waals surface area (Å²) in [5.74, 6) is 0.791.